The third kappa shape index (κ3) is 1.80. The molecule has 0 aromatic rings. The van der Waals surface area contributed by atoms with E-state index in [-0.39, 0.29) is 5.41 Å². The second-order valence-corrected chi connectivity index (χ2v) is 10.2. The van der Waals surface area contributed by atoms with Crippen molar-refractivity contribution in [2.45, 2.75) is 84.2 Å². The molecular formula is C20H34O2. The Morgan fingerprint density at radius 1 is 0.955 bits per heavy atom. The fourth-order valence-corrected chi connectivity index (χ4v) is 8.12. The van der Waals surface area contributed by atoms with Crippen molar-refractivity contribution in [1.29, 1.82) is 0 Å². The van der Waals surface area contributed by atoms with Crippen molar-refractivity contribution in [1.82, 2.24) is 0 Å². The van der Waals surface area contributed by atoms with Gasteiger partial charge in [0.1, 0.15) is 0 Å². The molecule has 22 heavy (non-hydrogen) atoms. The first-order valence-electron chi connectivity index (χ1n) is 9.59. The van der Waals surface area contributed by atoms with E-state index >= 15 is 0 Å². The zero-order valence-corrected chi connectivity index (χ0v) is 14.7. The molecule has 126 valence electrons. The quantitative estimate of drug-likeness (QED) is 0.764. The van der Waals surface area contributed by atoms with Crippen LogP contribution in [0, 0.1) is 34.0 Å². The van der Waals surface area contributed by atoms with Crippen LogP contribution in [-0.2, 0) is 0 Å². The minimum Gasteiger partial charge on any atom is -0.396 e. The summed E-state index contributed by atoms with van der Waals surface area (Å²) in [6.45, 7) is 7.34. The van der Waals surface area contributed by atoms with E-state index in [9.17, 15) is 10.2 Å². The second kappa shape index (κ2) is 4.51. The average molecular weight is 306 g/mol. The molecule has 4 rings (SSSR count). The maximum absolute atomic E-state index is 10.9. The lowest BCUT2D eigenvalue weighted by Gasteiger charge is -2.64. The molecule has 0 radical (unpaired) electrons. The van der Waals surface area contributed by atoms with Gasteiger partial charge in [-0.2, -0.15) is 0 Å². The van der Waals surface area contributed by atoms with Crippen molar-refractivity contribution in [3.05, 3.63) is 0 Å². The summed E-state index contributed by atoms with van der Waals surface area (Å²) in [5, 5.41) is 21.0. The molecule has 2 bridgehead atoms. The summed E-state index contributed by atoms with van der Waals surface area (Å²) in [7, 11) is 0. The zero-order valence-electron chi connectivity index (χ0n) is 14.7. The molecule has 2 nitrogen and oxygen atoms in total. The lowest BCUT2D eigenvalue weighted by atomic mass is 9.41. The van der Waals surface area contributed by atoms with Gasteiger partial charge in [0.25, 0.3) is 0 Å². The van der Waals surface area contributed by atoms with Crippen LogP contribution in [0.2, 0.25) is 0 Å². The highest BCUT2D eigenvalue weighted by Gasteiger charge is 2.66. The fraction of sp³-hybridized carbons (Fsp3) is 1.00. The van der Waals surface area contributed by atoms with Crippen LogP contribution in [0.5, 0.6) is 0 Å². The third-order valence-corrected chi connectivity index (χ3v) is 8.97. The Kier molecular flexibility index (Phi) is 3.16. The van der Waals surface area contributed by atoms with Gasteiger partial charge < -0.3 is 10.2 Å². The van der Waals surface area contributed by atoms with E-state index in [0.29, 0.717) is 29.3 Å². The largest absolute Gasteiger partial charge is 0.396 e. The summed E-state index contributed by atoms with van der Waals surface area (Å²) in [5.41, 5.74) is 0.504. The van der Waals surface area contributed by atoms with Gasteiger partial charge in [0.15, 0.2) is 0 Å². The van der Waals surface area contributed by atoms with E-state index in [4.69, 9.17) is 0 Å². The number of hydrogen-bond donors (Lipinski definition) is 2. The van der Waals surface area contributed by atoms with Gasteiger partial charge in [0.05, 0.1) is 5.60 Å². The molecular weight excluding hydrogens is 272 g/mol. The topological polar surface area (TPSA) is 40.5 Å². The molecule has 0 heterocycles. The van der Waals surface area contributed by atoms with Crippen LogP contribution in [0.1, 0.15) is 78.6 Å². The summed E-state index contributed by atoms with van der Waals surface area (Å²) in [4.78, 5) is 0. The fourth-order valence-electron chi connectivity index (χ4n) is 8.12. The SMILES string of the molecule is C[C@]1(CO)CCC[C@]2(C)[C@@H]1CC[C@@]13C[C@@H](CC[C@H]12)[C@](C)(O)C3. The maximum atomic E-state index is 10.9. The summed E-state index contributed by atoms with van der Waals surface area (Å²) < 4.78 is 0. The first-order valence-corrected chi connectivity index (χ1v) is 9.59. The Bertz CT molecular complexity index is 472. The smallest absolute Gasteiger partial charge is 0.0653 e. The molecule has 0 aromatic carbocycles. The minimum atomic E-state index is -0.424. The van der Waals surface area contributed by atoms with Crippen molar-refractivity contribution >= 4 is 0 Å². The average Bonchev–Trinajstić information content (AvgIpc) is 2.63. The van der Waals surface area contributed by atoms with Crippen LogP contribution in [-0.4, -0.2) is 22.4 Å². The summed E-state index contributed by atoms with van der Waals surface area (Å²) >= 11 is 0. The van der Waals surface area contributed by atoms with Gasteiger partial charge in [0, 0.05) is 6.61 Å². The van der Waals surface area contributed by atoms with Gasteiger partial charge in [-0.15, -0.1) is 0 Å². The van der Waals surface area contributed by atoms with Crippen molar-refractivity contribution in [2.24, 2.45) is 34.0 Å². The predicted molar refractivity (Wildman–Crippen MR) is 88.4 cm³/mol. The Balaban J connectivity index is 1.72. The summed E-state index contributed by atoms with van der Waals surface area (Å²) in [6.07, 6.45) is 11.2. The van der Waals surface area contributed by atoms with E-state index in [0.717, 1.165) is 12.3 Å². The molecule has 2 N–H and O–H groups in total. The van der Waals surface area contributed by atoms with E-state index in [1.165, 1.54) is 51.4 Å². The Morgan fingerprint density at radius 3 is 2.45 bits per heavy atom. The van der Waals surface area contributed by atoms with Crippen molar-refractivity contribution < 1.29 is 10.2 Å². The summed E-state index contributed by atoms with van der Waals surface area (Å²) in [6, 6.07) is 0. The first kappa shape index (κ1) is 15.4. The Morgan fingerprint density at radius 2 is 1.73 bits per heavy atom. The monoisotopic (exact) mass is 306 g/mol. The van der Waals surface area contributed by atoms with Crippen molar-refractivity contribution in [3.63, 3.8) is 0 Å². The lowest BCUT2D eigenvalue weighted by Crippen LogP contribution is -2.57. The highest BCUT2D eigenvalue weighted by atomic mass is 16.3. The van der Waals surface area contributed by atoms with Crippen LogP contribution in [0.15, 0.2) is 0 Å². The highest BCUT2D eigenvalue weighted by molar-refractivity contribution is 5.16. The standard InChI is InChI=1S/C20H34O2/c1-17(13-21)8-4-9-18(2)15(17)7-10-20-11-14(5-6-16(18)20)19(3,22)12-20/h14-16,21-22H,4-13H2,1-3H3/t14-,15-,16+,17-,18-,19-,20+/m1/s1. The van der Waals surface area contributed by atoms with Crippen LogP contribution in [0.25, 0.3) is 0 Å². The van der Waals surface area contributed by atoms with Crippen molar-refractivity contribution in [2.75, 3.05) is 6.61 Å². The number of aliphatic hydroxyl groups excluding tert-OH is 1. The molecule has 4 aliphatic rings. The van der Waals surface area contributed by atoms with Crippen molar-refractivity contribution in [3.8, 4) is 0 Å². The van der Waals surface area contributed by atoms with Crippen LogP contribution in [0.4, 0.5) is 0 Å². The Labute approximate surface area is 135 Å². The molecule has 0 saturated heterocycles. The van der Waals surface area contributed by atoms with Gasteiger partial charge in [-0.1, -0.05) is 20.3 Å². The lowest BCUT2D eigenvalue weighted by molar-refractivity contribution is -0.159. The summed E-state index contributed by atoms with van der Waals surface area (Å²) in [5.74, 6) is 1.99. The van der Waals surface area contributed by atoms with Gasteiger partial charge in [-0.05, 0) is 92.3 Å². The Hall–Kier alpha value is -0.0800. The second-order valence-electron chi connectivity index (χ2n) is 10.2. The molecule has 0 unspecified atom stereocenters. The van der Waals surface area contributed by atoms with Crippen LogP contribution >= 0.6 is 0 Å². The van der Waals surface area contributed by atoms with Gasteiger partial charge in [0.2, 0.25) is 0 Å². The number of hydrogen-bond acceptors (Lipinski definition) is 2. The molecule has 1 spiro atoms. The van der Waals surface area contributed by atoms with E-state index < -0.39 is 5.60 Å². The first-order chi connectivity index (χ1) is 10.3. The maximum Gasteiger partial charge on any atom is 0.0653 e. The molecule has 0 aliphatic heterocycles. The van der Waals surface area contributed by atoms with Gasteiger partial charge in [-0.3, -0.25) is 0 Å². The molecule has 4 aliphatic carbocycles. The highest BCUT2D eigenvalue weighted by Crippen LogP contribution is 2.72. The molecule has 2 heteroatoms. The third-order valence-electron chi connectivity index (χ3n) is 8.97. The number of fused-ring (bicyclic) bond motifs is 3. The normalized spacial score (nSPS) is 60.7. The minimum absolute atomic E-state index is 0.132. The van der Waals surface area contributed by atoms with E-state index in [2.05, 4.69) is 20.8 Å². The molecule has 4 saturated carbocycles. The molecule has 0 amide bonds. The zero-order chi connectivity index (χ0) is 15.8. The van der Waals surface area contributed by atoms with E-state index in [1.54, 1.807) is 0 Å². The van der Waals surface area contributed by atoms with Crippen LogP contribution in [0.3, 0.4) is 0 Å². The number of aliphatic hydroxyl groups is 2. The van der Waals surface area contributed by atoms with Gasteiger partial charge in [-0.25, -0.2) is 0 Å². The van der Waals surface area contributed by atoms with Crippen LogP contribution < -0.4 is 0 Å². The molecule has 0 aromatic heterocycles. The predicted octanol–water partition coefficient (Wildman–Crippen LogP) is 4.14. The van der Waals surface area contributed by atoms with Gasteiger partial charge >= 0.3 is 0 Å². The number of rotatable bonds is 1. The van der Waals surface area contributed by atoms with E-state index in [1.807, 2.05) is 0 Å². The molecule has 4 fully saturated rings. The molecule has 7 atom stereocenters.